The maximum Gasteiger partial charge on any atom is 0.224 e. The molecule has 2 aromatic rings. The molecule has 2 heterocycles. The molecule has 1 aliphatic heterocycles. The molecule has 5 rings (SSSR count). The predicted octanol–water partition coefficient (Wildman–Crippen LogP) is 3.98. The van der Waals surface area contributed by atoms with E-state index in [2.05, 4.69) is 37.3 Å². The molecular weight excluding hydrogens is 497 g/mol. The van der Waals surface area contributed by atoms with Crippen molar-refractivity contribution in [2.24, 2.45) is 34.6 Å². The summed E-state index contributed by atoms with van der Waals surface area (Å²) in [6, 6.07) is 5.44. The van der Waals surface area contributed by atoms with Crippen molar-refractivity contribution >= 4 is 34.7 Å². The van der Waals surface area contributed by atoms with Gasteiger partial charge in [0.1, 0.15) is 5.69 Å². The summed E-state index contributed by atoms with van der Waals surface area (Å²) in [5.41, 5.74) is 8.54. The van der Waals surface area contributed by atoms with E-state index in [0.29, 0.717) is 11.6 Å². The molecule has 37 heavy (non-hydrogen) atoms. The van der Waals surface area contributed by atoms with Crippen LogP contribution in [0.1, 0.15) is 31.2 Å². The molecule has 2 aliphatic carbocycles. The largest absolute Gasteiger partial charge is 0.369 e. The molecule has 9 nitrogen and oxygen atoms in total. The second kappa shape index (κ2) is 10.9. The number of nitroso groups, excluding NO2 is 1. The standard InChI is InChI=1S/C26H33ClFN7O2/c1-34-7-9-35(10-8-34)21-6-5-18(33-37)12-16(21)4-2-3-15-11-17-13-19(15)23(22(17)24(29)36)31-25-20(28)14-30-26(27)32-25/h5-6,12,14-15,17,19,22-23H,2-4,7-11,13H2,1H3,(H2,29,36)(H,30,31,32)/t15-,17+,19-,22+,23-/m1/s1. The quantitative estimate of drug-likeness (QED) is 0.372. The summed E-state index contributed by atoms with van der Waals surface area (Å²) in [7, 11) is 2.13. The number of carbonyl (C=O) groups excluding carboxylic acids is 1. The van der Waals surface area contributed by atoms with Gasteiger partial charge >= 0.3 is 0 Å². The first kappa shape index (κ1) is 25.8. The number of hydrogen-bond acceptors (Lipinski definition) is 8. The number of anilines is 2. The van der Waals surface area contributed by atoms with E-state index in [9.17, 15) is 14.1 Å². The first-order valence-electron chi connectivity index (χ1n) is 13.0. The van der Waals surface area contributed by atoms with Crippen molar-refractivity contribution in [2.75, 3.05) is 43.4 Å². The van der Waals surface area contributed by atoms with Crippen LogP contribution in [0.2, 0.25) is 5.28 Å². The number of fused-ring (bicyclic) bond motifs is 2. The highest BCUT2D eigenvalue weighted by molar-refractivity contribution is 6.28. The normalized spacial score (nSPS) is 27.4. The van der Waals surface area contributed by atoms with E-state index in [0.717, 1.165) is 70.0 Å². The maximum atomic E-state index is 14.4. The second-order valence-corrected chi connectivity index (χ2v) is 11.0. The molecule has 1 aromatic carbocycles. The van der Waals surface area contributed by atoms with E-state index in [1.165, 1.54) is 5.69 Å². The number of benzene rings is 1. The van der Waals surface area contributed by atoms with Gasteiger partial charge in [-0.2, -0.15) is 4.98 Å². The van der Waals surface area contributed by atoms with E-state index in [-0.39, 0.29) is 40.8 Å². The van der Waals surface area contributed by atoms with Crippen molar-refractivity contribution in [3.05, 3.63) is 46.0 Å². The Hall–Kier alpha value is -2.85. The Morgan fingerprint density at radius 2 is 2.05 bits per heavy atom. The minimum Gasteiger partial charge on any atom is -0.369 e. The van der Waals surface area contributed by atoms with E-state index in [1.807, 2.05) is 12.1 Å². The molecular formula is C26H33ClFN7O2. The third-order valence-electron chi connectivity index (χ3n) is 8.52. The van der Waals surface area contributed by atoms with Crippen molar-refractivity contribution in [2.45, 2.75) is 38.1 Å². The number of nitrogens with zero attached hydrogens (tertiary/aromatic N) is 5. The number of halogens is 2. The lowest BCUT2D eigenvalue weighted by atomic mass is 9.76. The summed E-state index contributed by atoms with van der Waals surface area (Å²) >= 11 is 5.88. The lowest BCUT2D eigenvalue weighted by molar-refractivity contribution is -0.123. The van der Waals surface area contributed by atoms with Gasteiger partial charge in [-0.15, -0.1) is 4.91 Å². The number of rotatable bonds is 9. The molecule has 1 aromatic heterocycles. The summed E-state index contributed by atoms with van der Waals surface area (Å²) in [5, 5.41) is 6.25. The Morgan fingerprint density at radius 3 is 2.78 bits per heavy atom. The van der Waals surface area contributed by atoms with Crippen molar-refractivity contribution in [3.8, 4) is 0 Å². The number of amides is 1. The molecule has 1 saturated heterocycles. The van der Waals surface area contributed by atoms with Crippen molar-refractivity contribution in [1.29, 1.82) is 0 Å². The Bertz CT molecular complexity index is 1160. The third kappa shape index (κ3) is 5.40. The molecule has 0 unspecified atom stereocenters. The molecule has 3 N–H and O–H groups in total. The lowest BCUT2D eigenvalue weighted by Gasteiger charge is -2.36. The second-order valence-electron chi connectivity index (χ2n) is 10.7. The first-order chi connectivity index (χ1) is 17.8. The topological polar surface area (TPSA) is 117 Å². The van der Waals surface area contributed by atoms with Gasteiger partial charge in [0.15, 0.2) is 11.6 Å². The van der Waals surface area contributed by atoms with Crippen LogP contribution >= 0.6 is 11.6 Å². The Balaban J connectivity index is 1.27. The number of carbonyl (C=O) groups is 1. The molecule has 1 amide bonds. The van der Waals surface area contributed by atoms with Gasteiger partial charge < -0.3 is 20.9 Å². The van der Waals surface area contributed by atoms with E-state index < -0.39 is 5.82 Å². The molecule has 11 heteroatoms. The number of likely N-dealkylation sites (N-methyl/N-ethyl adjacent to an activating group) is 1. The van der Waals surface area contributed by atoms with Crippen LogP contribution in [0.15, 0.2) is 29.6 Å². The molecule has 5 atom stereocenters. The predicted molar refractivity (Wildman–Crippen MR) is 141 cm³/mol. The first-order valence-corrected chi connectivity index (χ1v) is 13.4. The van der Waals surface area contributed by atoms with Gasteiger partial charge in [0, 0.05) is 37.9 Å². The number of piperazine rings is 1. The fourth-order valence-corrected chi connectivity index (χ4v) is 6.91. The monoisotopic (exact) mass is 529 g/mol. The van der Waals surface area contributed by atoms with Crippen molar-refractivity contribution in [3.63, 3.8) is 0 Å². The smallest absolute Gasteiger partial charge is 0.224 e. The van der Waals surface area contributed by atoms with Gasteiger partial charge in [-0.1, -0.05) is 0 Å². The zero-order chi connectivity index (χ0) is 26.1. The van der Waals surface area contributed by atoms with E-state index in [4.69, 9.17) is 17.3 Å². The van der Waals surface area contributed by atoms with Crippen LogP contribution in [-0.2, 0) is 11.2 Å². The zero-order valence-corrected chi connectivity index (χ0v) is 21.7. The van der Waals surface area contributed by atoms with Gasteiger partial charge in [-0.3, -0.25) is 4.79 Å². The van der Waals surface area contributed by atoms with Crippen LogP contribution < -0.4 is 16.0 Å². The fraction of sp³-hybridized carbons (Fsp3) is 0.577. The van der Waals surface area contributed by atoms with Gasteiger partial charge in [0.2, 0.25) is 11.2 Å². The van der Waals surface area contributed by atoms with Crippen LogP contribution in [0, 0.1) is 34.4 Å². The third-order valence-corrected chi connectivity index (χ3v) is 8.70. The Morgan fingerprint density at radius 1 is 1.27 bits per heavy atom. The van der Waals surface area contributed by atoms with E-state index in [1.54, 1.807) is 6.07 Å². The Kier molecular flexibility index (Phi) is 7.57. The van der Waals surface area contributed by atoms with Crippen LogP contribution in [0.5, 0.6) is 0 Å². The molecule has 3 fully saturated rings. The van der Waals surface area contributed by atoms with Crippen molar-refractivity contribution in [1.82, 2.24) is 14.9 Å². The minimum absolute atomic E-state index is 0.0116. The highest BCUT2D eigenvalue weighted by Gasteiger charge is 2.54. The van der Waals surface area contributed by atoms with Gasteiger partial charge in [0.05, 0.1) is 12.1 Å². The van der Waals surface area contributed by atoms with Crippen LogP contribution in [0.25, 0.3) is 0 Å². The fourth-order valence-electron chi connectivity index (χ4n) is 6.78. The van der Waals surface area contributed by atoms with Gasteiger partial charge in [-0.05, 0) is 97.4 Å². The minimum atomic E-state index is -0.605. The number of aromatic nitrogens is 2. The SMILES string of the molecule is CN1CCN(c2ccc(N=O)cc2CCC[C@@H]2C[C@H]3C[C@H]2[C@@H](Nc2nc(Cl)ncc2F)[C@H]3C(N)=O)CC1. The summed E-state index contributed by atoms with van der Waals surface area (Å²) in [5.74, 6) is -0.570. The number of nitrogens with one attached hydrogen (secondary N) is 1. The molecule has 0 spiro atoms. The highest BCUT2D eigenvalue weighted by atomic mass is 35.5. The highest BCUT2D eigenvalue weighted by Crippen LogP contribution is 2.54. The molecule has 2 saturated carbocycles. The maximum absolute atomic E-state index is 14.4. The average molecular weight is 530 g/mol. The van der Waals surface area contributed by atoms with Crippen LogP contribution in [0.4, 0.5) is 21.6 Å². The summed E-state index contributed by atoms with van der Waals surface area (Å²) in [6.45, 7) is 3.92. The molecule has 2 bridgehead atoms. The van der Waals surface area contributed by atoms with Gasteiger partial charge in [0.25, 0.3) is 0 Å². The Labute approximate surface area is 220 Å². The van der Waals surface area contributed by atoms with Crippen LogP contribution in [-0.4, -0.2) is 60.0 Å². The molecule has 3 aliphatic rings. The number of nitrogens with two attached hydrogens (primary N) is 1. The summed E-state index contributed by atoms with van der Waals surface area (Å²) in [6.07, 6.45) is 5.60. The number of aryl methyl sites for hydroxylation is 1. The van der Waals surface area contributed by atoms with Crippen molar-refractivity contribution < 1.29 is 9.18 Å². The molecule has 198 valence electrons. The lowest BCUT2D eigenvalue weighted by Crippen LogP contribution is -2.45. The zero-order valence-electron chi connectivity index (χ0n) is 20.9. The summed E-state index contributed by atoms with van der Waals surface area (Å²) in [4.78, 5) is 35.9. The number of primary amides is 1. The van der Waals surface area contributed by atoms with Gasteiger partial charge in [-0.25, -0.2) is 9.37 Å². The average Bonchev–Trinajstić information content (AvgIpc) is 3.45. The van der Waals surface area contributed by atoms with Crippen LogP contribution in [0.3, 0.4) is 0 Å². The van der Waals surface area contributed by atoms with E-state index >= 15 is 0 Å². The molecule has 0 radical (unpaired) electrons. The number of hydrogen-bond donors (Lipinski definition) is 2. The summed E-state index contributed by atoms with van der Waals surface area (Å²) < 4.78 is 14.4.